The van der Waals surface area contributed by atoms with Gasteiger partial charge in [-0.1, -0.05) is 110 Å². The molecule has 196 valence electrons. The summed E-state index contributed by atoms with van der Waals surface area (Å²) in [4.78, 5) is 23.5. The van der Waals surface area contributed by atoms with Crippen LogP contribution in [0.1, 0.15) is 162 Å². The van der Waals surface area contributed by atoms with E-state index in [1.807, 2.05) is 0 Å². The van der Waals surface area contributed by atoms with E-state index in [2.05, 4.69) is 18.6 Å². The second-order valence-electron chi connectivity index (χ2n) is 9.78. The van der Waals surface area contributed by atoms with Crippen LogP contribution in [-0.2, 0) is 19.1 Å². The molecule has 0 rings (SSSR count). The third-order valence-electron chi connectivity index (χ3n) is 6.55. The third-order valence-corrected chi connectivity index (χ3v) is 6.55. The van der Waals surface area contributed by atoms with Gasteiger partial charge in [-0.2, -0.15) is 0 Å². The molecular formula is C29H56O4. The monoisotopic (exact) mass is 468 g/mol. The average molecular weight is 469 g/mol. The number of unbranched alkanes of at least 4 members (excludes halogenated alkanes) is 16. The van der Waals surface area contributed by atoms with E-state index in [1.165, 1.54) is 90.6 Å². The third kappa shape index (κ3) is 23.9. The fourth-order valence-corrected chi connectivity index (χ4v) is 4.34. The topological polar surface area (TPSA) is 52.6 Å². The maximum Gasteiger partial charge on any atom is 0.306 e. The highest BCUT2D eigenvalue weighted by atomic mass is 16.5. The lowest BCUT2D eigenvalue weighted by atomic mass is 10.0. The molecule has 0 spiro atoms. The molecule has 0 aliphatic rings. The highest BCUT2D eigenvalue weighted by Gasteiger charge is 2.14. The normalized spacial score (nSPS) is 12.0. The number of methoxy groups -OCH3 is 1. The van der Waals surface area contributed by atoms with Gasteiger partial charge in [0, 0.05) is 12.8 Å². The van der Waals surface area contributed by atoms with Gasteiger partial charge in [0.2, 0.25) is 0 Å². The number of esters is 2. The van der Waals surface area contributed by atoms with Gasteiger partial charge in [-0.05, 0) is 38.5 Å². The zero-order valence-electron chi connectivity index (χ0n) is 22.5. The van der Waals surface area contributed by atoms with Gasteiger partial charge >= 0.3 is 11.9 Å². The smallest absolute Gasteiger partial charge is 0.306 e. The van der Waals surface area contributed by atoms with E-state index >= 15 is 0 Å². The number of rotatable bonds is 25. The molecule has 0 aromatic carbocycles. The summed E-state index contributed by atoms with van der Waals surface area (Å²) in [7, 11) is 1.45. The quantitative estimate of drug-likeness (QED) is 0.0990. The van der Waals surface area contributed by atoms with Crippen molar-refractivity contribution in [3.63, 3.8) is 0 Å². The van der Waals surface area contributed by atoms with Gasteiger partial charge in [-0.3, -0.25) is 9.59 Å². The molecular weight excluding hydrogens is 412 g/mol. The van der Waals surface area contributed by atoms with Crippen LogP contribution in [0.3, 0.4) is 0 Å². The Balaban J connectivity index is 4.03. The molecule has 1 unspecified atom stereocenters. The van der Waals surface area contributed by atoms with Gasteiger partial charge in [0.25, 0.3) is 0 Å². The highest BCUT2D eigenvalue weighted by molar-refractivity contribution is 5.69. The molecule has 0 bridgehead atoms. The van der Waals surface area contributed by atoms with E-state index in [9.17, 15) is 9.59 Å². The first-order valence-electron chi connectivity index (χ1n) is 14.4. The molecule has 0 saturated heterocycles. The van der Waals surface area contributed by atoms with Crippen LogP contribution < -0.4 is 0 Å². The molecule has 0 amide bonds. The van der Waals surface area contributed by atoms with Crippen LogP contribution in [0.4, 0.5) is 0 Å². The molecule has 0 saturated carbocycles. The minimum Gasteiger partial charge on any atom is -0.469 e. The van der Waals surface area contributed by atoms with E-state index < -0.39 is 0 Å². The van der Waals surface area contributed by atoms with Crippen molar-refractivity contribution in [1.82, 2.24) is 0 Å². The summed E-state index contributed by atoms with van der Waals surface area (Å²) in [6, 6.07) is 0. The van der Waals surface area contributed by atoms with Gasteiger partial charge in [-0.25, -0.2) is 0 Å². The zero-order chi connectivity index (χ0) is 24.4. The summed E-state index contributed by atoms with van der Waals surface area (Å²) >= 11 is 0. The predicted octanol–water partition coefficient (Wildman–Crippen LogP) is 9.08. The van der Waals surface area contributed by atoms with Crippen LogP contribution in [-0.4, -0.2) is 25.2 Å². The van der Waals surface area contributed by atoms with Crippen LogP contribution in [0.5, 0.6) is 0 Å². The number of carbonyl (C=O) groups is 2. The first-order valence-corrected chi connectivity index (χ1v) is 14.4. The van der Waals surface area contributed by atoms with Gasteiger partial charge in [-0.15, -0.1) is 0 Å². The Morgan fingerprint density at radius 3 is 1.30 bits per heavy atom. The molecule has 0 aromatic rings. The fourth-order valence-electron chi connectivity index (χ4n) is 4.34. The highest BCUT2D eigenvalue weighted by Crippen LogP contribution is 2.18. The summed E-state index contributed by atoms with van der Waals surface area (Å²) in [5.41, 5.74) is 0. The van der Waals surface area contributed by atoms with E-state index in [4.69, 9.17) is 4.74 Å². The van der Waals surface area contributed by atoms with E-state index in [0.29, 0.717) is 12.8 Å². The van der Waals surface area contributed by atoms with Crippen LogP contribution in [0, 0.1) is 0 Å². The van der Waals surface area contributed by atoms with Crippen molar-refractivity contribution in [2.24, 2.45) is 0 Å². The lowest BCUT2D eigenvalue weighted by molar-refractivity contribution is -0.150. The Morgan fingerprint density at radius 1 is 0.515 bits per heavy atom. The molecule has 0 fully saturated rings. The van der Waals surface area contributed by atoms with Gasteiger partial charge in [0.05, 0.1) is 7.11 Å². The summed E-state index contributed by atoms with van der Waals surface area (Å²) in [5, 5.41) is 0. The summed E-state index contributed by atoms with van der Waals surface area (Å²) in [5.74, 6) is -0.0896. The molecule has 0 aliphatic carbocycles. The zero-order valence-corrected chi connectivity index (χ0v) is 22.5. The van der Waals surface area contributed by atoms with Crippen LogP contribution in [0.2, 0.25) is 0 Å². The van der Waals surface area contributed by atoms with Crippen molar-refractivity contribution in [2.75, 3.05) is 7.11 Å². The maximum atomic E-state index is 12.4. The number of hydrogen-bond acceptors (Lipinski definition) is 4. The van der Waals surface area contributed by atoms with Crippen molar-refractivity contribution in [3.05, 3.63) is 0 Å². The Morgan fingerprint density at radius 2 is 0.879 bits per heavy atom. The van der Waals surface area contributed by atoms with E-state index in [1.54, 1.807) is 0 Å². The first kappa shape index (κ1) is 31.9. The second kappa shape index (κ2) is 25.6. The largest absolute Gasteiger partial charge is 0.469 e. The van der Waals surface area contributed by atoms with Gasteiger partial charge < -0.3 is 9.47 Å². The number of hydrogen-bond donors (Lipinski definition) is 0. The molecule has 4 heteroatoms. The standard InChI is InChI=1S/C29H56O4/c1-4-6-8-10-12-18-22-26-29(31)33-27(23-19-15-11-9-7-5-2)24-20-16-13-14-17-21-25-28(30)32-3/h27H,4-26H2,1-3H3. The number of ether oxygens (including phenoxy) is 2. The maximum absolute atomic E-state index is 12.4. The lowest BCUT2D eigenvalue weighted by Crippen LogP contribution is -2.18. The summed E-state index contributed by atoms with van der Waals surface area (Å²) in [6.45, 7) is 4.49. The fraction of sp³-hybridized carbons (Fsp3) is 0.931. The lowest BCUT2D eigenvalue weighted by Gasteiger charge is -2.18. The van der Waals surface area contributed by atoms with Crippen molar-refractivity contribution >= 4 is 11.9 Å². The molecule has 33 heavy (non-hydrogen) atoms. The molecule has 0 aliphatic heterocycles. The minimum atomic E-state index is -0.106. The van der Waals surface area contributed by atoms with Crippen LogP contribution in [0.15, 0.2) is 0 Å². The van der Waals surface area contributed by atoms with Crippen LogP contribution >= 0.6 is 0 Å². The molecule has 0 N–H and O–H groups in total. The average Bonchev–Trinajstić information content (AvgIpc) is 2.81. The summed E-state index contributed by atoms with van der Waals surface area (Å²) in [6.07, 6.45) is 26.2. The van der Waals surface area contributed by atoms with Crippen molar-refractivity contribution in [1.29, 1.82) is 0 Å². The Bertz CT molecular complexity index is 435. The summed E-state index contributed by atoms with van der Waals surface area (Å²) < 4.78 is 10.6. The van der Waals surface area contributed by atoms with Gasteiger partial charge in [0.1, 0.15) is 6.10 Å². The molecule has 0 radical (unpaired) electrons. The molecule has 0 aromatic heterocycles. The minimum absolute atomic E-state index is 0.0161. The van der Waals surface area contributed by atoms with E-state index in [-0.39, 0.29) is 18.0 Å². The van der Waals surface area contributed by atoms with Crippen LogP contribution in [0.25, 0.3) is 0 Å². The van der Waals surface area contributed by atoms with Crippen molar-refractivity contribution in [2.45, 2.75) is 168 Å². The van der Waals surface area contributed by atoms with Crippen molar-refractivity contribution < 1.29 is 19.1 Å². The van der Waals surface area contributed by atoms with E-state index in [0.717, 1.165) is 51.4 Å². The van der Waals surface area contributed by atoms with Crippen molar-refractivity contribution in [3.8, 4) is 0 Å². The second-order valence-corrected chi connectivity index (χ2v) is 9.78. The Labute approximate surface area is 206 Å². The Kier molecular flexibility index (Phi) is 24.7. The molecule has 0 heterocycles. The Hall–Kier alpha value is -1.06. The molecule has 1 atom stereocenters. The van der Waals surface area contributed by atoms with Gasteiger partial charge in [0.15, 0.2) is 0 Å². The first-order chi connectivity index (χ1) is 16.1. The molecule has 4 nitrogen and oxygen atoms in total. The predicted molar refractivity (Wildman–Crippen MR) is 139 cm³/mol. The number of carbonyl (C=O) groups excluding carboxylic acids is 2. The SMILES string of the molecule is CCCCCCCCCC(=O)OC(CCCCCCCC)CCCCCCCCC(=O)OC.